The van der Waals surface area contributed by atoms with Gasteiger partial charge in [0, 0.05) is 32.2 Å². The average molecular weight is 286 g/mol. The summed E-state index contributed by atoms with van der Waals surface area (Å²) >= 11 is 5.73. The Morgan fingerprint density at radius 2 is 2.05 bits per heavy atom. The van der Waals surface area contributed by atoms with Gasteiger partial charge in [-0.3, -0.25) is 0 Å². The van der Waals surface area contributed by atoms with Crippen LogP contribution in [0, 0.1) is 5.82 Å². The van der Waals surface area contributed by atoms with Gasteiger partial charge in [-0.1, -0.05) is 18.5 Å². The van der Waals surface area contributed by atoms with Crippen LogP contribution in [0.4, 0.5) is 15.8 Å². The van der Waals surface area contributed by atoms with Gasteiger partial charge in [-0.05, 0) is 25.5 Å². The van der Waals surface area contributed by atoms with Crippen LogP contribution in [0.3, 0.4) is 0 Å². The van der Waals surface area contributed by atoms with Crippen molar-refractivity contribution in [2.75, 3.05) is 37.3 Å². The summed E-state index contributed by atoms with van der Waals surface area (Å²) in [6.07, 6.45) is 2.15. The van der Waals surface area contributed by atoms with E-state index in [9.17, 15) is 4.39 Å². The number of hydrogen-bond donors (Lipinski definition) is 1. The van der Waals surface area contributed by atoms with Gasteiger partial charge in [0.25, 0.3) is 0 Å². The summed E-state index contributed by atoms with van der Waals surface area (Å²) < 4.78 is 13.6. The number of piperidine rings is 1. The molecule has 2 rings (SSSR count). The normalized spacial score (nSPS) is 17.7. The summed E-state index contributed by atoms with van der Waals surface area (Å²) in [4.78, 5) is 4.51. The lowest BCUT2D eigenvalue weighted by molar-refractivity contribution is 0.221. The smallest absolute Gasteiger partial charge is 0.144 e. The zero-order valence-electron chi connectivity index (χ0n) is 11.5. The molecule has 0 radical (unpaired) electrons. The topological polar surface area (TPSA) is 32.5 Å². The Kier molecular flexibility index (Phi) is 4.53. The molecule has 1 fully saturated rings. The second kappa shape index (κ2) is 5.97. The first kappa shape index (κ1) is 14.4. The van der Waals surface area contributed by atoms with Gasteiger partial charge in [-0.25, -0.2) is 4.39 Å². The van der Waals surface area contributed by atoms with Crippen LogP contribution in [0.25, 0.3) is 0 Å². The third-order valence-electron chi connectivity index (χ3n) is 4.00. The first-order valence-corrected chi connectivity index (χ1v) is 7.10. The highest BCUT2D eigenvalue weighted by molar-refractivity contribution is 6.31. The largest absolute Gasteiger partial charge is 0.397 e. The summed E-state index contributed by atoms with van der Waals surface area (Å²) in [5.74, 6) is -0.413. The lowest BCUT2D eigenvalue weighted by Crippen LogP contribution is -2.43. The number of likely N-dealkylation sites (tertiary alicyclic amines) is 1. The van der Waals surface area contributed by atoms with E-state index in [0.29, 0.717) is 11.7 Å². The molecule has 0 atom stereocenters. The molecule has 19 heavy (non-hydrogen) atoms. The number of nitrogen functional groups attached to an aromatic ring is 1. The molecule has 1 aliphatic rings. The van der Waals surface area contributed by atoms with E-state index in [2.05, 4.69) is 16.7 Å². The molecule has 5 heteroatoms. The summed E-state index contributed by atoms with van der Waals surface area (Å²) in [6.45, 7) is 5.44. The lowest BCUT2D eigenvalue weighted by Gasteiger charge is -2.37. The van der Waals surface area contributed by atoms with Crippen molar-refractivity contribution in [3.05, 3.63) is 23.0 Å². The van der Waals surface area contributed by atoms with E-state index in [1.165, 1.54) is 12.1 Å². The fraction of sp³-hybridized carbons (Fsp3) is 0.571. The van der Waals surface area contributed by atoms with Crippen LogP contribution in [0.2, 0.25) is 5.02 Å². The molecule has 1 heterocycles. The molecule has 1 aromatic rings. The molecule has 0 saturated carbocycles. The Hall–Kier alpha value is -1.00. The molecule has 1 aromatic carbocycles. The van der Waals surface area contributed by atoms with Crippen molar-refractivity contribution in [1.29, 1.82) is 0 Å². The van der Waals surface area contributed by atoms with E-state index in [1.54, 1.807) is 0 Å². The molecule has 0 spiro atoms. The third kappa shape index (κ3) is 3.12. The zero-order chi connectivity index (χ0) is 14.0. The Bertz CT molecular complexity index is 445. The van der Waals surface area contributed by atoms with E-state index in [1.807, 2.05) is 7.05 Å². The molecule has 0 aliphatic carbocycles. The molecule has 0 amide bonds. The molecule has 0 unspecified atom stereocenters. The first-order valence-electron chi connectivity index (χ1n) is 6.72. The number of nitrogens with zero attached hydrogens (tertiary/aromatic N) is 2. The average Bonchev–Trinajstić information content (AvgIpc) is 2.42. The van der Waals surface area contributed by atoms with Gasteiger partial charge in [0.2, 0.25) is 0 Å². The van der Waals surface area contributed by atoms with Crippen molar-refractivity contribution in [3.63, 3.8) is 0 Å². The zero-order valence-corrected chi connectivity index (χ0v) is 12.3. The molecular formula is C14H21ClFN3. The van der Waals surface area contributed by atoms with Gasteiger partial charge in [0.05, 0.1) is 16.4 Å². The van der Waals surface area contributed by atoms with Crippen LogP contribution < -0.4 is 10.6 Å². The Labute approximate surface area is 119 Å². The fourth-order valence-corrected chi connectivity index (χ4v) is 2.85. The summed E-state index contributed by atoms with van der Waals surface area (Å²) in [6, 6.07) is 3.33. The van der Waals surface area contributed by atoms with Crippen LogP contribution in [0.1, 0.15) is 19.8 Å². The van der Waals surface area contributed by atoms with Crippen molar-refractivity contribution in [2.24, 2.45) is 0 Å². The molecule has 2 N–H and O–H groups in total. The minimum absolute atomic E-state index is 0.0791. The maximum Gasteiger partial charge on any atom is 0.144 e. The van der Waals surface area contributed by atoms with Gasteiger partial charge in [0.15, 0.2) is 0 Å². The van der Waals surface area contributed by atoms with E-state index in [0.717, 1.165) is 38.2 Å². The molecule has 0 aromatic heterocycles. The van der Waals surface area contributed by atoms with Crippen molar-refractivity contribution in [1.82, 2.24) is 4.90 Å². The highest BCUT2D eigenvalue weighted by Crippen LogP contribution is 2.31. The van der Waals surface area contributed by atoms with Crippen molar-refractivity contribution < 1.29 is 4.39 Å². The van der Waals surface area contributed by atoms with Crippen molar-refractivity contribution >= 4 is 23.0 Å². The van der Waals surface area contributed by atoms with Crippen LogP contribution in [-0.4, -0.2) is 37.6 Å². The Balaban J connectivity index is 2.12. The minimum Gasteiger partial charge on any atom is -0.397 e. The number of nitrogens with two attached hydrogens (primary N) is 1. The molecule has 1 aliphatic heterocycles. The number of halogens is 2. The van der Waals surface area contributed by atoms with Crippen molar-refractivity contribution in [2.45, 2.75) is 25.8 Å². The van der Waals surface area contributed by atoms with Gasteiger partial charge >= 0.3 is 0 Å². The summed E-state index contributed by atoms with van der Waals surface area (Å²) in [5.41, 5.74) is 7.22. The number of anilines is 2. The summed E-state index contributed by atoms with van der Waals surface area (Å²) in [7, 11) is 1.98. The van der Waals surface area contributed by atoms with Gasteiger partial charge in [-0.2, -0.15) is 0 Å². The molecule has 0 bridgehead atoms. The SMILES string of the molecule is CCN1CCC(N(C)c2cc(F)c(Cl)cc2N)CC1. The van der Waals surface area contributed by atoms with Crippen LogP contribution in [0.15, 0.2) is 12.1 Å². The molecule has 3 nitrogen and oxygen atoms in total. The minimum atomic E-state index is -0.413. The molecule has 1 saturated heterocycles. The standard InChI is InChI=1S/C14H21ClFN3/c1-3-19-6-4-10(5-7-19)18(2)14-9-12(16)11(15)8-13(14)17/h8-10H,3-7,17H2,1-2H3. The van der Waals surface area contributed by atoms with Crippen LogP contribution >= 0.6 is 11.6 Å². The number of hydrogen-bond acceptors (Lipinski definition) is 3. The Morgan fingerprint density at radius 1 is 1.42 bits per heavy atom. The molecular weight excluding hydrogens is 265 g/mol. The maximum absolute atomic E-state index is 13.6. The van der Waals surface area contributed by atoms with E-state index in [4.69, 9.17) is 17.3 Å². The summed E-state index contributed by atoms with van der Waals surface area (Å²) in [5, 5.41) is 0.0791. The van der Waals surface area contributed by atoms with Crippen LogP contribution in [0.5, 0.6) is 0 Å². The quantitative estimate of drug-likeness (QED) is 0.867. The molecule has 106 valence electrons. The van der Waals surface area contributed by atoms with Gasteiger partial charge in [0.1, 0.15) is 5.82 Å². The van der Waals surface area contributed by atoms with Gasteiger partial charge < -0.3 is 15.5 Å². The highest BCUT2D eigenvalue weighted by Gasteiger charge is 2.23. The maximum atomic E-state index is 13.6. The predicted molar refractivity (Wildman–Crippen MR) is 79.4 cm³/mol. The second-order valence-electron chi connectivity index (χ2n) is 5.10. The Morgan fingerprint density at radius 3 is 2.63 bits per heavy atom. The highest BCUT2D eigenvalue weighted by atomic mass is 35.5. The van der Waals surface area contributed by atoms with Crippen molar-refractivity contribution in [3.8, 4) is 0 Å². The van der Waals surface area contributed by atoms with Crippen LogP contribution in [-0.2, 0) is 0 Å². The second-order valence-corrected chi connectivity index (χ2v) is 5.51. The van der Waals surface area contributed by atoms with E-state index >= 15 is 0 Å². The number of rotatable bonds is 3. The predicted octanol–water partition coefficient (Wildman–Crippen LogP) is 2.98. The lowest BCUT2D eigenvalue weighted by atomic mass is 10.0. The fourth-order valence-electron chi connectivity index (χ4n) is 2.68. The first-order chi connectivity index (χ1) is 9.02. The third-order valence-corrected chi connectivity index (χ3v) is 4.29. The van der Waals surface area contributed by atoms with E-state index < -0.39 is 5.82 Å². The monoisotopic (exact) mass is 285 g/mol. The van der Waals surface area contributed by atoms with E-state index in [-0.39, 0.29) is 5.02 Å². The number of benzene rings is 1. The van der Waals surface area contributed by atoms with Gasteiger partial charge in [-0.15, -0.1) is 0 Å².